The van der Waals surface area contributed by atoms with Crippen LogP contribution in [0.3, 0.4) is 0 Å². The van der Waals surface area contributed by atoms with E-state index in [4.69, 9.17) is 0 Å². The second-order valence-electron chi connectivity index (χ2n) is 6.02. The molecule has 3 rings (SSSR count). The average molecular weight is 375 g/mol. The van der Waals surface area contributed by atoms with E-state index in [2.05, 4.69) is 36.0 Å². The van der Waals surface area contributed by atoms with Gasteiger partial charge in [0.1, 0.15) is 5.78 Å². The molecule has 0 unspecified atom stereocenters. The van der Waals surface area contributed by atoms with Crippen molar-refractivity contribution in [3.63, 3.8) is 0 Å². The maximum atomic E-state index is 12.2. The lowest BCUT2D eigenvalue weighted by Crippen LogP contribution is -2.22. The number of rotatable bonds is 5. The number of carbonyl (C=O) groups is 1. The predicted octanol–water partition coefficient (Wildman–Crippen LogP) is 2.97. The van der Waals surface area contributed by atoms with Crippen molar-refractivity contribution in [2.45, 2.75) is 26.2 Å². The monoisotopic (exact) mass is 374 g/mol. The normalized spacial score (nSPS) is 17.5. The van der Waals surface area contributed by atoms with Gasteiger partial charge in [-0.1, -0.05) is 0 Å². The summed E-state index contributed by atoms with van der Waals surface area (Å²) in [6.07, 6.45) is 3.77. The van der Waals surface area contributed by atoms with Gasteiger partial charge in [0.25, 0.3) is 0 Å². The zero-order valence-electron chi connectivity index (χ0n) is 13.1. The summed E-state index contributed by atoms with van der Waals surface area (Å²) in [4.78, 5) is 18.7. The van der Waals surface area contributed by atoms with Crippen molar-refractivity contribution in [3.05, 3.63) is 46.3 Å². The first-order valence-electron chi connectivity index (χ1n) is 7.77. The van der Waals surface area contributed by atoms with E-state index in [1.165, 1.54) is 0 Å². The molecule has 0 saturated carbocycles. The average Bonchev–Trinajstić information content (AvgIpc) is 2.98. The predicted molar refractivity (Wildman–Crippen MR) is 92.4 cm³/mol. The zero-order valence-corrected chi connectivity index (χ0v) is 14.7. The van der Waals surface area contributed by atoms with Gasteiger partial charge < -0.3 is 4.90 Å². The molecule has 1 aliphatic rings. The highest BCUT2D eigenvalue weighted by Crippen LogP contribution is 2.24. The Morgan fingerprint density at radius 3 is 2.87 bits per heavy atom. The van der Waals surface area contributed by atoms with Gasteiger partial charge in [-0.15, -0.1) is 5.10 Å². The Morgan fingerprint density at radius 2 is 2.17 bits per heavy atom. The Labute approximate surface area is 144 Å². The summed E-state index contributed by atoms with van der Waals surface area (Å²) in [5.74, 6) is 1.54. The number of aryl methyl sites for hydroxylation is 1. The second kappa shape index (κ2) is 7.17. The molecule has 1 fully saturated rings. The van der Waals surface area contributed by atoms with Crippen molar-refractivity contribution in [1.29, 1.82) is 0 Å². The van der Waals surface area contributed by atoms with Crippen LogP contribution in [0, 0.1) is 12.8 Å². The molecule has 23 heavy (non-hydrogen) atoms. The molecule has 3 heterocycles. The fourth-order valence-corrected chi connectivity index (χ4v) is 3.11. The van der Waals surface area contributed by atoms with Gasteiger partial charge >= 0.3 is 0 Å². The molecule has 0 aromatic carbocycles. The summed E-state index contributed by atoms with van der Waals surface area (Å²) >= 11 is 3.35. The minimum Gasteiger partial charge on any atom is -0.355 e. The Hall–Kier alpha value is -1.82. The van der Waals surface area contributed by atoms with Crippen molar-refractivity contribution in [1.82, 2.24) is 15.2 Å². The van der Waals surface area contributed by atoms with Gasteiger partial charge in [-0.2, -0.15) is 5.10 Å². The summed E-state index contributed by atoms with van der Waals surface area (Å²) in [6.45, 7) is 3.74. The molecule has 2 aromatic rings. The van der Waals surface area contributed by atoms with E-state index >= 15 is 0 Å². The molecular formula is C17H19BrN4O. The molecule has 1 atom stereocenters. The second-order valence-corrected chi connectivity index (χ2v) is 6.94. The quantitative estimate of drug-likeness (QED) is 0.804. The lowest BCUT2D eigenvalue weighted by molar-refractivity contribution is -0.119. The van der Waals surface area contributed by atoms with Crippen LogP contribution in [-0.2, 0) is 11.2 Å². The van der Waals surface area contributed by atoms with Gasteiger partial charge in [0.15, 0.2) is 5.82 Å². The van der Waals surface area contributed by atoms with E-state index in [0.717, 1.165) is 41.2 Å². The number of halogens is 1. The zero-order chi connectivity index (χ0) is 16.2. The number of ketones is 1. The molecule has 6 heteroatoms. The molecule has 0 radical (unpaired) electrons. The van der Waals surface area contributed by atoms with Crippen molar-refractivity contribution in [2.75, 3.05) is 18.0 Å². The van der Waals surface area contributed by atoms with Crippen LogP contribution in [-0.4, -0.2) is 34.1 Å². The van der Waals surface area contributed by atoms with E-state index in [-0.39, 0.29) is 5.78 Å². The Bertz CT molecular complexity index is 672. The number of hydrogen-bond donors (Lipinski definition) is 0. The SMILES string of the molecule is Cc1ccc(N2CC[C@H](CC(=O)Cc3ccc(Br)cn3)C2)nn1. The van der Waals surface area contributed by atoms with Gasteiger partial charge in [0.05, 0.1) is 5.69 Å². The first kappa shape index (κ1) is 16.1. The van der Waals surface area contributed by atoms with Crippen molar-refractivity contribution < 1.29 is 4.79 Å². The Kier molecular flexibility index (Phi) is 5.00. The minimum atomic E-state index is 0.252. The van der Waals surface area contributed by atoms with Crippen LogP contribution in [0.5, 0.6) is 0 Å². The first-order chi connectivity index (χ1) is 11.1. The molecule has 0 amide bonds. The van der Waals surface area contributed by atoms with Gasteiger partial charge in [-0.05, 0) is 59.5 Å². The lowest BCUT2D eigenvalue weighted by Gasteiger charge is -2.16. The van der Waals surface area contributed by atoms with E-state index in [1.807, 2.05) is 31.2 Å². The number of aromatic nitrogens is 3. The number of pyridine rings is 1. The summed E-state index contributed by atoms with van der Waals surface area (Å²) in [7, 11) is 0. The molecule has 0 aliphatic carbocycles. The fraction of sp³-hybridized carbons (Fsp3) is 0.412. The number of carbonyl (C=O) groups excluding carboxylic acids is 1. The molecule has 1 saturated heterocycles. The third-order valence-corrected chi connectivity index (χ3v) is 4.55. The highest BCUT2D eigenvalue weighted by atomic mass is 79.9. The fourth-order valence-electron chi connectivity index (χ4n) is 2.88. The molecule has 2 aromatic heterocycles. The molecular weight excluding hydrogens is 356 g/mol. The van der Waals surface area contributed by atoms with E-state index < -0.39 is 0 Å². The lowest BCUT2D eigenvalue weighted by atomic mass is 9.99. The van der Waals surface area contributed by atoms with Gasteiger partial charge in [-0.3, -0.25) is 9.78 Å². The maximum Gasteiger partial charge on any atom is 0.151 e. The molecule has 0 bridgehead atoms. The van der Waals surface area contributed by atoms with Crippen LogP contribution >= 0.6 is 15.9 Å². The third kappa shape index (κ3) is 4.34. The smallest absolute Gasteiger partial charge is 0.151 e. The van der Waals surface area contributed by atoms with Gasteiger partial charge in [-0.25, -0.2) is 0 Å². The standard InChI is InChI=1S/C17H19BrN4O/c1-12-2-5-17(21-20-12)22-7-6-13(11-22)8-16(23)9-15-4-3-14(18)10-19-15/h2-5,10,13H,6-9,11H2,1H3/t13-/m1/s1. The number of nitrogens with zero attached hydrogens (tertiary/aromatic N) is 4. The van der Waals surface area contributed by atoms with Gasteiger partial charge in [0.2, 0.25) is 0 Å². The van der Waals surface area contributed by atoms with E-state index in [9.17, 15) is 4.79 Å². The van der Waals surface area contributed by atoms with Crippen LogP contribution in [0.15, 0.2) is 34.9 Å². The molecule has 0 N–H and O–H groups in total. The maximum absolute atomic E-state index is 12.2. The summed E-state index contributed by atoms with van der Waals surface area (Å²) in [5.41, 5.74) is 1.75. The topological polar surface area (TPSA) is 59.0 Å². The van der Waals surface area contributed by atoms with Crippen molar-refractivity contribution in [2.24, 2.45) is 5.92 Å². The molecule has 120 valence electrons. The van der Waals surface area contributed by atoms with Crippen molar-refractivity contribution >= 4 is 27.5 Å². The summed E-state index contributed by atoms with van der Waals surface area (Å²) < 4.78 is 0.930. The minimum absolute atomic E-state index is 0.252. The van der Waals surface area contributed by atoms with Gasteiger partial charge in [0, 0.05) is 42.3 Å². The summed E-state index contributed by atoms with van der Waals surface area (Å²) in [6, 6.07) is 7.78. The Balaban J connectivity index is 1.52. The number of hydrogen-bond acceptors (Lipinski definition) is 5. The van der Waals surface area contributed by atoms with Crippen LogP contribution < -0.4 is 4.90 Å². The highest BCUT2D eigenvalue weighted by molar-refractivity contribution is 9.10. The van der Waals surface area contributed by atoms with Crippen LogP contribution in [0.25, 0.3) is 0 Å². The Morgan fingerprint density at radius 1 is 1.30 bits per heavy atom. The summed E-state index contributed by atoms with van der Waals surface area (Å²) in [5, 5.41) is 8.33. The molecule has 0 spiro atoms. The van der Waals surface area contributed by atoms with E-state index in [1.54, 1.807) is 6.20 Å². The van der Waals surface area contributed by atoms with E-state index in [0.29, 0.717) is 18.8 Å². The third-order valence-electron chi connectivity index (χ3n) is 4.08. The van der Waals surface area contributed by atoms with Crippen LogP contribution in [0.4, 0.5) is 5.82 Å². The van der Waals surface area contributed by atoms with Crippen molar-refractivity contribution in [3.8, 4) is 0 Å². The van der Waals surface area contributed by atoms with Crippen LogP contribution in [0.1, 0.15) is 24.2 Å². The molecule has 5 nitrogen and oxygen atoms in total. The largest absolute Gasteiger partial charge is 0.355 e. The number of anilines is 1. The highest BCUT2D eigenvalue weighted by Gasteiger charge is 2.25. The molecule has 1 aliphatic heterocycles. The van der Waals surface area contributed by atoms with Crippen LogP contribution in [0.2, 0.25) is 0 Å². The first-order valence-corrected chi connectivity index (χ1v) is 8.57. The number of Topliss-reactive ketones (excluding diaryl/α,β-unsaturated/α-hetero) is 1.